The van der Waals surface area contributed by atoms with Crippen molar-refractivity contribution in [1.82, 2.24) is 10.0 Å². The molecule has 3 aromatic rings. The average Bonchev–Trinajstić information content (AvgIpc) is 3.25. The number of carbonyl (C=O) groups excluding carboxylic acids is 5. The normalized spacial score (nSPS) is 21.1. The van der Waals surface area contributed by atoms with Gasteiger partial charge in [-0.3, -0.25) is 19.2 Å². The number of esters is 1. The Labute approximate surface area is 279 Å². The fraction of sp³-hybridized carbons (Fsp3) is 0.258. The van der Waals surface area contributed by atoms with E-state index in [4.69, 9.17) is 32.7 Å². The largest absolute Gasteiger partial charge is 0.497 e. The molecule has 1 saturated heterocycles. The first-order valence-corrected chi connectivity index (χ1v) is 16.0. The topological polar surface area (TPSA) is 110 Å². The van der Waals surface area contributed by atoms with Crippen molar-refractivity contribution >= 4 is 84.5 Å². The van der Waals surface area contributed by atoms with Crippen LogP contribution in [0.3, 0.4) is 0 Å². The Morgan fingerprint density at radius 2 is 1.43 bits per heavy atom. The SMILES string of the molecule is COc1cccc(C(=O)Oc2ccc(C(=O)CN(C(=O)c3ccc(Cl)c(Cl)c3)N3C(=O)[C@@H]4C[C@@H](Br)[C@@H](Br)C[C@H]4C3=O)cc2)c1. The molecule has 2 aliphatic rings. The lowest BCUT2D eigenvalue weighted by Gasteiger charge is -2.30. The van der Waals surface area contributed by atoms with Gasteiger partial charge in [-0.2, -0.15) is 5.01 Å². The Morgan fingerprint density at radius 1 is 0.818 bits per heavy atom. The second-order valence-corrected chi connectivity index (χ2v) is 13.4. The third kappa shape index (κ3) is 6.56. The summed E-state index contributed by atoms with van der Waals surface area (Å²) in [6.45, 7) is -0.617. The zero-order chi connectivity index (χ0) is 31.7. The first-order chi connectivity index (χ1) is 21.0. The summed E-state index contributed by atoms with van der Waals surface area (Å²) in [6, 6.07) is 16.3. The molecule has 0 N–H and O–H groups in total. The lowest BCUT2D eigenvalue weighted by atomic mass is 9.81. The number of methoxy groups -OCH3 is 1. The summed E-state index contributed by atoms with van der Waals surface area (Å²) in [5.74, 6) is -3.66. The molecule has 13 heteroatoms. The van der Waals surface area contributed by atoms with Crippen LogP contribution in [0.25, 0.3) is 0 Å². The van der Waals surface area contributed by atoms with Crippen LogP contribution in [-0.2, 0) is 9.59 Å². The maximum Gasteiger partial charge on any atom is 0.343 e. The summed E-state index contributed by atoms with van der Waals surface area (Å²) in [6.07, 6.45) is 0.778. The van der Waals surface area contributed by atoms with Gasteiger partial charge < -0.3 is 9.47 Å². The number of nitrogens with zero attached hydrogens (tertiary/aromatic N) is 2. The van der Waals surface area contributed by atoms with Gasteiger partial charge in [0.15, 0.2) is 5.78 Å². The quantitative estimate of drug-likeness (QED) is 0.0861. The summed E-state index contributed by atoms with van der Waals surface area (Å²) >= 11 is 19.3. The Hall–Kier alpha value is -3.25. The number of ketones is 1. The van der Waals surface area contributed by atoms with Crippen molar-refractivity contribution in [1.29, 1.82) is 0 Å². The molecule has 5 rings (SSSR count). The minimum atomic E-state index is -0.771. The predicted molar refractivity (Wildman–Crippen MR) is 170 cm³/mol. The van der Waals surface area contributed by atoms with E-state index in [1.54, 1.807) is 18.2 Å². The molecule has 3 aromatic carbocycles. The van der Waals surface area contributed by atoms with E-state index in [0.29, 0.717) is 18.6 Å². The van der Waals surface area contributed by atoms with Gasteiger partial charge in [-0.15, -0.1) is 0 Å². The summed E-state index contributed by atoms with van der Waals surface area (Å²) < 4.78 is 10.6. The number of hydrazine groups is 1. The molecule has 0 spiro atoms. The molecular formula is C31H24Br2Cl2N2O7. The first-order valence-electron chi connectivity index (χ1n) is 13.4. The Bertz CT molecular complexity index is 1620. The molecule has 2 fully saturated rings. The molecule has 0 unspecified atom stereocenters. The van der Waals surface area contributed by atoms with Crippen molar-refractivity contribution in [2.24, 2.45) is 11.8 Å². The highest BCUT2D eigenvalue weighted by Crippen LogP contribution is 2.44. The summed E-state index contributed by atoms with van der Waals surface area (Å²) in [4.78, 5) is 66.9. The van der Waals surface area contributed by atoms with E-state index in [1.165, 1.54) is 55.6 Å². The highest BCUT2D eigenvalue weighted by Gasteiger charge is 2.54. The van der Waals surface area contributed by atoms with Gasteiger partial charge in [0.05, 0.1) is 34.6 Å². The number of amides is 3. The van der Waals surface area contributed by atoms with Crippen LogP contribution in [0.1, 0.15) is 43.9 Å². The molecule has 0 radical (unpaired) electrons. The van der Waals surface area contributed by atoms with Crippen molar-refractivity contribution in [3.05, 3.63) is 93.5 Å². The molecule has 1 heterocycles. The lowest BCUT2D eigenvalue weighted by Crippen LogP contribution is -2.52. The summed E-state index contributed by atoms with van der Waals surface area (Å²) in [7, 11) is 1.49. The number of rotatable bonds is 8. The second-order valence-electron chi connectivity index (χ2n) is 10.3. The zero-order valence-corrected chi connectivity index (χ0v) is 27.7. The van der Waals surface area contributed by atoms with Crippen molar-refractivity contribution in [3.63, 3.8) is 0 Å². The summed E-state index contributed by atoms with van der Waals surface area (Å²) in [5.41, 5.74) is 0.480. The minimum absolute atomic E-state index is 0.0409. The molecule has 0 bridgehead atoms. The van der Waals surface area contributed by atoms with Gasteiger partial charge >= 0.3 is 5.97 Å². The van der Waals surface area contributed by atoms with Crippen LogP contribution in [0.4, 0.5) is 0 Å². The van der Waals surface area contributed by atoms with Crippen molar-refractivity contribution < 1.29 is 33.4 Å². The Kier molecular flexibility index (Phi) is 9.79. The number of hydrogen-bond donors (Lipinski definition) is 0. The fourth-order valence-corrected chi connectivity index (χ4v) is 6.71. The van der Waals surface area contributed by atoms with E-state index in [9.17, 15) is 24.0 Å². The van der Waals surface area contributed by atoms with Gasteiger partial charge in [0.25, 0.3) is 17.7 Å². The van der Waals surface area contributed by atoms with E-state index < -0.39 is 47.9 Å². The highest BCUT2D eigenvalue weighted by molar-refractivity contribution is 9.12. The second kappa shape index (κ2) is 13.4. The maximum absolute atomic E-state index is 13.8. The van der Waals surface area contributed by atoms with Crippen LogP contribution in [-0.4, -0.2) is 62.8 Å². The fourth-order valence-electron chi connectivity index (χ4n) is 5.18. The van der Waals surface area contributed by atoms with Crippen molar-refractivity contribution in [2.45, 2.75) is 22.5 Å². The van der Waals surface area contributed by atoms with Gasteiger partial charge in [0, 0.05) is 20.8 Å². The maximum atomic E-state index is 13.8. The van der Waals surface area contributed by atoms with E-state index in [-0.39, 0.29) is 42.1 Å². The van der Waals surface area contributed by atoms with Gasteiger partial charge in [-0.05, 0) is 73.5 Å². The van der Waals surface area contributed by atoms with E-state index in [0.717, 1.165) is 10.0 Å². The predicted octanol–water partition coefficient (Wildman–Crippen LogP) is 6.38. The van der Waals surface area contributed by atoms with Crippen LogP contribution in [0.15, 0.2) is 66.7 Å². The Morgan fingerprint density at radius 3 is 2.02 bits per heavy atom. The van der Waals surface area contributed by atoms with Gasteiger partial charge in [0.2, 0.25) is 0 Å². The van der Waals surface area contributed by atoms with Gasteiger partial charge in [-0.1, -0.05) is 61.1 Å². The monoisotopic (exact) mass is 764 g/mol. The number of benzene rings is 3. The molecule has 44 heavy (non-hydrogen) atoms. The van der Waals surface area contributed by atoms with E-state index in [1.807, 2.05) is 0 Å². The molecule has 9 nitrogen and oxygen atoms in total. The molecule has 1 aliphatic heterocycles. The van der Waals surface area contributed by atoms with Gasteiger partial charge in [0.1, 0.15) is 18.0 Å². The van der Waals surface area contributed by atoms with Crippen molar-refractivity contribution in [3.8, 4) is 11.5 Å². The molecule has 1 aliphatic carbocycles. The third-order valence-electron chi connectivity index (χ3n) is 7.52. The first kappa shape index (κ1) is 32.2. The number of ether oxygens (including phenoxy) is 2. The zero-order valence-electron chi connectivity index (χ0n) is 23.0. The number of carbonyl (C=O) groups is 5. The number of Topliss-reactive ketones (excluding diaryl/α,β-unsaturated/α-hetero) is 1. The molecule has 3 amide bonds. The van der Waals surface area contributed by atoms with E-state index in [2.05, 4.69) is 31.9 Å². The number of alkyl halides is 2. The standard InChI is InChI=1S/C31H24Br2Cl2N2O7/c1-43-20-4-2-3-18(11-20)31(42)44-19-8-5-16(6-9-19)27(38)15-36(28(39)17-7-10-25(34)26(35)12-17)37-29(40)21-13-23(32)24(33)14-22(21)30(37)41/h2-12,21-24H,13-15H2,1H3/t21-,22-,23-,24+/m1/s1. The Balaban J connectivity index is 1.39. The number of imide groups is 1. The number of fused-ring (bicyclic) bond motifs is 1. The van der Waals surface area contributed by atoms with Crippen LogP contribution >= 0.6 is 55.1 Å². The molecule has 4 atom stereocenters. The highest BCUT2D eigenvalue weighted by atomic mass is 79.9. The lowest BCUT2D eigenvalue weighted by molar-refractivity contribution is -0.154. The molecular weight excluding hydrogens is 743 g/mol. The van der Waals surface area contributed by atoms with Crippen LogP contribution < -0.4 is 9.47 Å². The number of halogens is 4. The van der Waals surface area contributed by atoms with Crippen LogP contribution in [0.5, 0.6) is 11.5 Å². The molecule has 1 saturated carbocycles. The van der Waals surface area contributed by atoms with E-state index >= 15 is 0 Å². The molecule has 228 valence electrons. The van der Waals surface area contributed by atoms with Crippen molar-refractivity contribution in [2.75, 3.05) is 13.7 Å². The van der Waals surface area contributed by atoms with Crippen LogP contribution in [0.2, 0.25) is 10.0 Å². The molecule has 0 aromatic heterocycles. The van der Waals surface area contributed by atoms with Gasteiger partial charge in [-0.25, -0.2) is 9.80 Å². The summed E-state index contributed by atoms with van der Waals surface area (Å²) in [5, 5.41) is 1.98. The third-order valence-corrected chi connectivity index (χ3v) is 11.0. The number of hydrogen-bond acceptors (Lipinski definition) is 7. The van der Waals surface area contributed by atoms with Crippen LogP contribution in [0, 0.1) is 11.8 Å². The smallest absolute Gasteiger partial charge is 0.343 e. The minimum Gasteiger partial charge on any atom is -0.497 e. The average molecular weight is 767 g/mol.